The highest BCUT2D eigenvalue weighted by atomic mass is 35.5. The summed E-state index contributed by atoms with van der Waals surface area (Å²) in [6.07, 6.45) is -4.92. The second-order valence-corrected chi connectivity index (χ2v) is 11.2. The van der Waals surface area contributed by atoms with Gasteiger partial charge in [0.05, 0.1) is 32.4 Å². The Bertz CT molecular complexity index is 1700. The largest absolute Gasteiger partial charge is 0.489 e. The normalized spacial score (nSPS) is 12.2. The average molecular weight is 611 g/mol. The molecule has 0 aromatic heterocycles. The summed E-state index contributed by atoms with van der Waals surface area (Å²) in [6.45, 7) is 0. The average Bonchev–Trinajstić information content (AvgIpc) is 2.82. The predicted molar refractivity (Wildman–Crippen MR) is 130 cm³/mol. The van der Waals surface area contributed by atoms with Gasteiger partial charge in [-0.25, -0.2) is 23.7 Å². The van der Waals surface area contributed by atoms with Crippen molar-refractivity contribution in [1.29, 1.82) is 0 Å². The van der Waals surface area contributed by atoms with Gasteiger partial charge in [-0.15, -0.1) is 0 Å². The van der Waals surface area contributed by atoms with Crippen molar-refractivity contribution in [3.63, 3.8) is 0 Å². The third-order valence-electron chi connectivity index (χ3n) is 5.08. The number of ether oxygens (including phenoxy) is 1. The number of primary sulfonamides is 1. The molecule has 208 valence electrons. The van der Waals surface area contributed by atoms with Crippen LogP contribution in [0.15, 0.2) is 64.4 Å². The number of nitrogens with zero attached hydrogens (tertiary/aromatic N) is 3. The molecule has 0 amide bonds. The molecule has 0 saturated carbocycles. The van der Waals surface area contributed by atoms with Crippen molar-refractivity contribution < 1.29 is 44.7 Å². The second kappa shape index (κ2) is 10.3. The molecule has 0 atom stereocenters. The standard InChI is InChI=1S/C20H14ClF3N4O9S2/c1-37-19-15(27(29)30)10-16(38(25,33)34)17(18(19)21)11-5-7-14(8-6-11)39(35,36)26(28(31)32)13-4-2-3-12(9-13)20(22,23)24/h2-10H,1H3,(H2,25,33,34). The molecule has 3 rings (SSSR count). The number of nitrogens with two attached hydrogens (primary N) is 1. The maximum atomic E-state index is 13.1. The molecule has 0 aliphatic carbocycles. The smallest absolute Gasteiger partial charge is 0.416 e. The number of benzene rings is 3. The molecule has 13 nitrogen and oxygen atoms in total. The first-order valence-electron chi connectivity index (χ1n) is 9.96. The lowest BCUT2D eigenvalue weighted by Crippen LogP contribution is -2.36. The third-order valence-corrected chi connectivity index (χ3v) is 8.05. The Morgan fingerprint density at radius 2 is 1.59 bits per heavy atom. The predicted octanol–water partition coefficient (Wildman–Crippen LogP) is 3.98. The Morgan fingerprint density at radius 1 is 1.00 bits per heavy atom. The fourth-order valence-electron chi connectivity index (χ4n) is 3.43. The third kappa shape index (κ3) is 5.72. The van der Waals surface area contributed by atoms with Crippen LogP contribution in [0, 0.1) is 20.2 Å². The summed E-state index contributed by atoms with van der Waals surface area (Å²) in [5, 5.41) is 26.2. The maximum Gasteiger partial charge on any atom is 0.416 e. The van der Waals surface area contributed by atoms with Gasteiger partial charge in [-0.2, -0.15) is 21.6 Å². The molecule has 0 unspecified atom stereocenters. The Morgan fingerprint density at radius 3 is 2.05 bits per heavy atom. The molecule has 0 aliphatic rings. The van der Waals surface area contributed by atoms with Crippen LogP contribution in [-0.4, -0.2) is 33.9 Å². The molecule has 0 fully saturated rings. The Kier molecular flexibility index (Phi) is 7.79. The minimum atomic E-state index is -5.12. The van der Waals surface area contributed by atoms with E-state index in [4.69, 9.17) is 21.5 Å². The van der Waals surface area contributed by atoms with Crippen LogP contribution < -0.4 is 14.3 Å². The molecule has 0 bridgehead atoms. The second-order valence-electron chi connectivity index (χ2n) is 7.48. The molecule has 0 heterocycles. The van der Waals surface area contributed by atoms with Gasteiger partial charge in [0.2, 0.25) is 15.8 Å². The van der Waals surface area contributed by atoms with Crippen molar-refractivity contribution in [2.75, 3.05) is 11.5 Å². The van der Waals surface area contributed by atoms with E-state index in [0.717, 1.165) is 43.5 Å². The van der Waals surface area contributed by atoms with E-state index in [0.29, 0.717) is 12.1 Å². The molecule has 0 saturated heterocycles. The molecule has 0 aliphatic heterocycles. The first kappa shape index (κ1) is 29.6. The minimum Gasteiger partial charge on any atom is -0.489 e. The first-order chi connectivity index (χ1) is 17.9. The van der Waals surface area contributed by atoms with Crippen molar-refractivity contribution in [2.24, 2.45) is 5.14 Å². The van der Waals surface area contributed by atoms with Gasteiger partial charge in [0.15, 0.2) is 5.03 Å². The van der Waals surface area contributed by atoms with Gasteiger partial charge >= 0.3 is 21.9 Å². The van der Waals surface area contributed by atoms with E-state index in [9.17, 15) is 50.2 Å². The monoisotopic (exact) mass is 610 g/mol. The quantitative estimate of drug-likeness (QED) is 0.290. The number of nitro groups is 2. The van der Waals surface area contributed by atoms with Crippen molar-refractivity contribution in [2.45, 2.75) is 16.0 Å². The number of hydrazine groups is 1. The van der Waals surface area contributed by atoms with Gasteiger partial charge in [-0.3, -0.25) is 10.1 Å². The lowest BCUT2D eigenvalue weighted by atomic mass is 10.0. The van der Waals surface area contributed by atoms with Crippen LogP contribution in [-0.2, 0) is 26.2 Å². The van der Waals surface area contributed by atoms with Crippen LogP contribution in [0.1, 0.15) is 5.56 Å². The first-order valence-corrected chi connectivity index (χ1v) is 13.3. The number of methoxy groups -OCH3 is 1. The van der Waals surface area contributed by atoms with Crippen LogP contribution in [0.2, 0.25) is 5.02 Å². The molecule has 19 heteroatoms. The fraction of sp³-hybridized carbons (Fsp3) is 0.100. The van der Waals surface area contributed by atoms with E-state index < -0.39 is 83.7 Å². The number of hydrogen-bond donors (Lipinski definition) is 1. The van der Waals surface area contributed by atoms with Crippen LogP contribution >= 0.6 is 11.6 Å². The number of nitro benzene ring substituents is 1. The van der Waals surface area contributed by atoms with E-state index in [1.807, 2.05) is 0 Å². The van der Waals surface area contributed by atoms with Crippen LogP contribution in [0.25, 0.3) is 11.1 Å². The van der Waals surface area contributed by atoms with Crippen molar-refractivity contribution in [3.05, 3.63) is 85.4 Å². The van der Waals surface area contributed by atoms with Gasteiger partial charge in [0.1, 0.15) is 5.69 Å². The molecular formula is C20H14ClF3N4O9S2. The number of anilines is 1. The number of rotatable bonds is 8. The zero-order valence-electron chi connectivity index (χ0n) is 19.1. The molecule has 3 aromatic rings. The van der Waals surface area contributed by atoms with E-state index in [1.54, 1.807) is 0 Å². The van der Waals surface area contributed by atoms with Gasteiger partial charge < -0.3 is 4.74 Å². The lowest BCUT2D eigenvalue weighted by molar-refractivity contribution is -0.474. The molecular weight excluding hydrogens is 597 g/mol. The van der Waals surface area contributed by atoms with Gasteiger partial charge in [0, 0.05) is 16.0 Å². The van der Waals surface area contributed by atoms with E-state index in [1.165, 1.54) is 0 Å². The summed E-state index contributed by atoms with van der Waals surface area (Å²) in [6, 6.07) is 6.50. The molecule has 3 aromatic carbocycles. The topological polar surface area (TPSA) is 193 Å². The Hall–Kier alpha value is -4.00. The highest BCUT2D eigenvalue weighted by Crippen LogP contribution is 2.45. The highest BCUT2D eigenvalue weighted by Gasteiger charge is 2.38. The van der Waals surface area contributed by atoms with Crippen molar-refractivity contribution in [1.82, 2.24) is 0 Å². The number of hydrogen-bond acceptors (Lipinski definition) is 9. The highest BCUT2D eigenvalue weighted by molar-refractivity contribution is 7.92. The van der Waals surface area contributed by atoms with E-state index in [-0.39, 0.29) is 11.6 Å². The van der Waals surface area contributed by atoms with Crippen LogP contribution in [0.3, 0.4) is 0 Å². The SMILES string of the molecule is COc1c([N+](=O)[O-])cc(S(N)(=O)=O)c(-c2ccc(S(=O)(=O)N(c3cccc(C(F)(F)F)c3)[N+](=O)[O-])cc2)c1Cl. The zero-order valence-corrected chi connectivity index (χ0v) is 21.5. The molecule has 2 N–H and O–H groups in total. The van der Waals surface area contributed by atoms with Gasteiger partial charge in [-0.05, 0) is 35.9 Å². The van der Waals surface area contributed by atoms with Crippen molar-refractivity contribution >= 4 is 43.0 Å². The summed E-state index contributed by atoms with van der Waals surface area (Å²) in [5.41, 5.74) is -3.65. The number of alkyl halides is 3. The molecule has 0 radical (unpaired) electrons. The van der Waals surface area contributed by atoms with E-state index in [2.05, 4.69) is 0 Å². The van der Waals surface area contributed by atoms with Gasteiger partial charge in [-0.1, -0.05) is 29.8 Å². The zero-order chi connectivity index (χ0) is 29.5. The Labute approximate surface area is 222 Å². The summed E-state index contributed by atoms with van der Waals surface area (Å²) in [4.78, 5) is 20.4. The molecule has 39 heavy (non-hydrogen) atoms. The Balaban J connectivity index is 2.19. The lowest BCUT2D eigenvalue weighted by Gasteiger charge is -2.17. The summed E-state index contributed by atoms with van der Waals surface area (Å²) in [7, 11) is -8.75. The van der Waals surface area contributed by atoms with Gasteiger partial charge in [0.25, 0.3) is 0 Å². The summed E-state index contributed by atoms with van der Waals surface area (Å²) < 4.78 is 94.2. The minimum absolute atomic E-state index is 0.150. The number of halogens is 4. The maximum absolute atomic E-state index is 13.1. The van der Waals surface area contributed by atoms with Crippen molar-refractivity contribution in [3.8, 4) is 16.9 Å². The van der Waals surface area contributed by atoms with E-state index >= 15 is 0 Å². The van der Waals surface area contributed by atoms with Crippen LogP contribution in [0.5, 0.6) is 5.75 Å². The number of sulfonamides is 2. The van der Waals surface area contributed by atoms with Crippen LogP contribution in [0.4, 0.5) is 24.5 Å². The summed E-state index contributed by atoms with van der Waals surface area (Å²) >= 11 is 6.20. The summed E-state index contributed by atoms with van der Waals surface area (Å²) in [5.74, 6) is -0.537. The fourth-order valence-corrected chi connectivity index (χ4v) is 5.90. The molecule has 0 spiro atoms.